The van der Waals surface area contributed by atoms with Gasteiger partial charge in [-0.15, -0.1) is 0 Å². The van der Waals surface area contributed by atoms with Crippen molar-refractivity contribution in [3.05, 3.63) is 71.8 Å². The molecule has 0 saturated heterocycles. The Bertz CT molecular complexity index is 827. The van der Waals surface area contributed by atoms with E-state index in [0.717, 1.165) is 0 Å². The lowest BCUT2D eigenvalue weighted by Crippen LogP contribution is -2.11. The van der Waals surface area contributed by atoms with E-state index in [-0.39, 0.29) is 11.8 Å². The van der Waals surface area contributed by atoms with Crippen LogP contribution in [-0.2, 0) is 9.78 Å². The third-order valence-corrected chi connectivity index (χ3v) is 3.46. The molecule has 0 amide bonds. The summed E-state index contributed by atoms with van der Waals surface area (Å²) in [7, 11) is 0. The molecule has 2 aromatic carbocycles. The maximum Gasteiger partial charge on any atom is 0.386 e. The van der Waals surface area contributed by atoms with Gasteiger partial charge in [0.2, 0.25) is 0 Å². The zero-order valence-corrected chi connectivity index (χ0v) is 16.8. The number of nitriles is 2. The molecule has 0 spiro atoms. The third-order valence-electron chi connectivity index (χ3n) is 3.46. The number of benzene rings is 2. The minimum atomic E-state index is -0.708. The van der Waals surface area contributed by atoms with Crippen LogP contribution in [0, 0.1) is 34.5 Å². The van der Waals surface area contributed by atoms with E-state index in [1.807, 2.05) is 12.1 Å². The lowest BCUT2D eigenvalue weighted by molar-refractivity contribution is -0.187. The molecule has 0 radical (unpaired) electrons. The van der Waals surface area contributed by atoms with Crippen LogP contribution in [0.3, 0.4) is 0 Å². The average molecular weight is 406 g/mol. The van der Waals surface area contributed by atoms with E-state index in [2.05, 4.69) is 20.0 Å². The summed E-state index contributed by atoms with van der Waals surface area (Å²) in [5, 5.41) is 24.3. The maximum absolute atomic E-state index is 11.5. The summed E-state index contributed by atoms with van der Waals surface area (Å²) < 4.78 is 0. The Morgan fingerprint density at radius 3 is 1.40 bits per heavy atom. The van der Waals surface area contributed by atoms with Crippen molar-refractivity contribution < 1.29 is 19.4 Å². The van der Waals surface area contributed by atoms with Crippen molar-refractivity contribution in [1.82, 2.24) is 0 Å². The predicted molar refractivity (Wildman–Crippen MR) is 108 cm³/mol. The van der Waals surface area contributed by atoms with Crippen LogP contribution in [-0.4, -0.2) is 25.0 Å². The van der Waals surface area contributed by atoms with Crippen molar-refractivity contribution in [1.29, 1.82) is 10.5 Å². The van der Waals surface area contributed by atoms with Gasteiger partial charge in [0.15, 0.2) is 0 Å². The number of hydrogen-bond donors (Lipinski definition) is 0. The maximum atomic E-state index is 11.5. The fourth-order valence-electron chi connectivity index (χ4n) is 1.76. The highest BCUT2D eigenvalue weighted by Crippen LogP contribution is 2.05. The van der Waals surface area contributed by atoms with Crippen LogP contribution in [0.2, 0.25) is 0 Å². The molecule has 2 rings (SSSR count). The number of rotatable bonds is 6. The first-order valence-corrected chi connectivity index (χ1v) is 9.13. The van der Waals surface area contributed by atoms with Crippen LogP contribution in [0.1, 0.15) is 34.6 Å². The molecular formula is C22H22N4O4. The number of azo groups is 1. The second kappa shape index (κ2) is 14.0. The zero-order valence-electron chi connectivity index (χ0n) is 16.8. The van der Waals surface area contributed by atoms with Crippen molar-refractivity contribution in [2.24, 2.45) is 22.1 Å². The van der Waals surface area contributed by atoms with Gasteiger partial charge in [0, 0.05) is 0 Å². The summed E-state index contributed by atoms with van der Waals surface area (Å²) >= 11 is 0. The minimum absolute atomic E-state index is 0.0915. The molecule has 0 aliphatic heterocycles. The van der Waals surface area contributed by atoms with E-state index in [0.29, 0.717) is 24.2 Å². The molecule has 0 N–H and O–H groups in total. The molecule has 0 bridgehead atoms. The second-order valence-corrected chi connectivity index (χ2v) is 6.18. The van der Waals surface area contributed by atoms with Gasteiger partial charge in [-0.25, -0.2) is 19.4 Å². The first kappa shape index (κ1) is 24.0. The van der Waals surface area contributed by atoms with E-state index < -0.39 is 11.9 Å². The highest BCUT2D eigenvalue weighted by atomic mass is 17.2. The zero-order chi connectivity index (χ0) is 22.2. The molecule has 154 valence electrons. The van der Waals surface area contributed by atoms with E-state index in [1.165, 1.54) is 0 Å². The van der Waals surface area contributed by atoms with Gasteiger partial charge >= 0.3 is 11.9 Å². The normalized spacial score (nSPS) is 11.7. The number of nitrogens with zero attached hydrogens (tertiary/aromatic N) is 4. The highest BCUT2D eigenvalue weighted by molar-refractivity contribution is 5.92. The van der Waals surface area contributed by atoms with Crippen LogP contribution < -0.4 is 0 Å². The summed E-state index contributed by atoms with van der Waals surface area (Å²) in [6, 6.07) is 20.7. The van der Waals surface area contributed by atoms with Crippen LogP contribution in [0.15, 0.2) is 70.9 Å². The molecule has 0 heterocycles. The summed E-state index contributed by atoms with van der Waals surface area (Å²) in [5.74, 6) is -1.60. The van der Waals surface area contributed by atoms with Crippen molar-refractivity contribution in [2.45, 2.75) is 13.8 Å². The summed E-state index contributed by atoms with van der Waals surface area (Å²) in [4.78, 5) is 31.9. The van der Waals surface area contributed by atoms with E-state index in [9.17, 15) is 9.59 Å². The van der Waals surface area contributed by atoms with Gasteiger partial charge < -0.3 is 0 Å². The molecule has 2 unspecified atom stereocenters. The Morgan fingerprint density at radius 2 is 1.10 bits per heavy atom. The minimum Gasteiger partial charge on any atom is -0.242 e. The number of carbonyl (C=O) groups is 2. The molecule has 2 atom stereocenters. The number of carbonyl (C=O) groups excluding carboxylic acids is 2. The van der Waals surface area contributed by atoms with Gasteiger partial charge in [-0.05, 0) is 38.1 Å². The molecule has 8 nitrogen and oxygen atoms in total. The van der Waals surface area contributed by atoms with Crippen LogP contribution in [0.25, 0.3) is 0 Å². The molecule has 2 aromatic rings. The van der Waals surface area contributed by atoms with Crippen molar-refractivity contribution in [2.75, 3.05) is 13.1 Å². The Kier molecular flexibility index (Phi) is 11.2. The van der Waals surface area contributed by atoms with Crippen molar-refractivity contribution in [3.63, 3.8) is 0 Å². The van der Waals surface area contributed by atoms with Gasteiger partial charge in [0.25, 0.3) is 0 Å². The van der Waals surface area contributed by atoms with E-state index in [1.54, 1.807) is 74.5 Å². The lowest BCUT2D eigenvalue weighted by atomic mass is 10.2. The Morgan fingerprint density at radius 1 is 0.767 bits per heavy atom. The standard InChI is InChI=1S/C14H10O4.C8H12N4/c15-13(11-7-3-1-4-8-11)17-18-14(16)12-9-5-2-6-10-12;1-7(3-9)5-11-12-6-8(2)4-10/h1-10H;7-8H,5-6H2,1-2H3. The molecule has 30 heavy (non-hydrogen) atoms. The molecule has 0 fully saturated rings. The van der Waals surface area contributed by atoms with E-state index in [4.69, 9.17) is 10.5 Å². The van der Waals surface area contributed by atoms with Gasteiger partial charge in [-0.2, -0.15) is 20.8 Å². The first-order valence-electron chi connectivity index (χ1n) is 9.13. The largest absolute Gasteiger partial charge is 0.386 e. The second-order valence-electron chi connectivity index (χ2n) is 6.18. The Balaban J connectivity index is 0.000000329. The first-order chi connectivity index (χ1) is 14.5. The summed E-state index contributed by atoms with van der Waals surface area (Å²) in [6.45, 7) is 4.42. The molecule has 8 heteroatoms. The van der Waals surface area contributed by atoms with Gasteiger partial charge in [0.1, 0.15) is 0 Å². The molecular weight excluding hydrogens is 384 g/mol. The Hall–Kier alpha value is -4.04. The predicted octanol–water partition coefficient (Wildman–Crippen LogP) is 4.37. The molecule has 0 aliphatic rings. The lowest BCUT2D eigenvalue weighted by Gasteiger charge is -2.02. The van der Waals surface area contributed by atoms with Crippen LogP contribution in [0.4, 0.5) is 0 Å². The molecule has 0 aromatic heterocycles. The smallest absolute Gasteiger partial charge is 0.242 e. The Labute approximate surface area is 175 Å². The van der Waals surface area contributed by atoms with Crippen LogP contribution in [0.5, 0.6) is 0 Å². The van der Waals surface area contributed by atoms with Crippen molar-refractivity contribution >= 4 is 11.9 Å². The fourth-order valence-corrected chi connectivity index (χ4v) is 1.76. The van der Waals surface area contributed by atoms with Crippen molar-refractivity contribution in [3.8, 4) is 12.1 Å². The van der Waals surface area contributed by atoms with Crippen LogP contribution >= 0.6 is 0 Å². The van der Waals surface area contributed by atoms with Gasteiger partial charge in [-0.1, -0.05) is 36.4 Å². The highest BCUT2D eigenvalue weighted by Gasteiger charge is 2.13. The molecule has 0 saturated carbocycles. The topological polar surface area (TPSA) is 125 Å². The summed E-state index contributed by atoms with van der Waals surface area (Å²) in [5.41, 5.74) is 0.636. The summed E-state index contributed by atoms with van der Waals surface area (Å²) in [6.07, 6.45) is 0. The third kappa shape index (κ3) is 9.77. The monoisotopic (exact) mass is 406 g/mol. The fraction of sp³-hybridized carbons (Fsp3) is 0.273. The quantitative estimate of drug-likeness (QED) is 0.398. The number of hydrogen-bond acceptors (Lipinski definition) is 8. The van der Waals surface area contributed by atoms with Gasteiger partial charge in [0.05, 0.1) is 48.2 Å². The molecule has 0 aliphatic carbocycles. The van der Waals surface area contributed by atoms with Gasteiger partial charge in [-0.3, -0.25) is 0 Å². The van der Waals surface area contributed by atoms with E-state index >= 15 is 0 Å². The SMILES string of the molecule is CC(C#N)CN=NCC(C)C#N.O=C(OOC(=O)c1ccccc1)c1ccccc1. The average Bonchev–Trinajstić information content (AvgIpc) is 2.81.